The van der Waals surface area contributed by atoms with Crippen molar-refractivity contribution >= 4 is 17.3 Å². The topological polar surface area (TPSA) is 103 Å². The maximum atomic E-state index is 12.9. The Kier molecular flexibility index (Phi) is 6.61. The summed E-state index contributed by atoms with van der Waals surface area (Å²) in [7, 11) is 3.02. The summed E-state index contributed by atoms with van der Waals surface area (Å²) in [5.74, 6) is 0.413. The number of carbonyl (C=O) groups excluding carboxylic acids is 1. The molecule has 0 atom stereocenters. The number of carbonyl (C=O) groups is 1. The van der Waals surface area contributed by atoms with Crippen LogP contribution in [0.3, 0.4) is 0 Å². The molecule has 9 nitrogen and oxygen atoms in total. The highest BCUT2D eigenvalue weighted by molar-refractivity contribution is 6.01. The number of piperazine rings is 1. The zero-order valence-electron chi connectivity index (χ0n) is 17.8. The van der Waals surface area contributed by atoms with Gasteiger partial charge in [-0.15, -0.1) is 0 Å². The molecule has 30 heavy (non-hydrogen) atoms. The fourth-order valence-electron chi connectivity index (χ4n) is 3.74. The predicted molar refractivity (Wildman–Crippen MR) is 117 cm³/mol. The molecule has 0 radical (unpaired) electrons. The van der Waals surface area contributed by atoms with Crippen molar-refractivity contribution in [2.24, 2.45) is 7.05 Å². The Hall–Kier alpha value is -3.07. The Morgan fingerprint density at radius 3 is 2.50 bits per heavy atom. The molecule has 2 N–H and O–H groups in total. The molecule has 2 aromatic rings. The van der Waals surface area contributed by atoms with Crippen molar-refractivity contribution in [3.63, 3.8) is 0 Å². The third kappa shape index (κ3) is 4.25. The summed E-state index contributed by atoms with van der Waals surface area (Å²) < 4.78 is 7.55. The van der Waals surface area contributed by atoms with E-state index < -0.39 is 11.2 Å². The number of ketones is 1. The van der Waals surface area contributed by atoms with Gasteiger partial charge in [-0.2, -0.15) is 0 Å². The molecule has 0 saturated carbocycles. The Morgan fingerprint density at radius 2 is 1.87 bits per heavy atom. The standard InChI is InChI=1S/C21H29N5O4/c1-4-8-26-19(22)18(20(28)23(2)21(26)29)17(27)14-24-9-11-25(12-10-24)15-6-5-7-16(13-15)30-3/h5-7,13H,4,8-12,14,22H2,1-3H3. The number of nitrogen functional groups attached to an aromatic ring is 1. The number of methoxy groups -OCH3 is 1. The highest BCUT2D eigenvalue weighted by Gasteiger charge is 2.25. The number of nitrogens with two attached hydrogens (primary N) is 1. The van der Waals surface area contributed by atoms with E-state index in [9.17, 15) is 14.4 Å². The van der Waals surface area contributed by atoms with Gasteiger partial charge in [-0.1, -0.05) is 13.0 Å². The van der Waals surface area contributed by atoms with Crippen LogP contribution in [0.2, 0.25) is 0 Å². The molecule has 2 heterocycles. The van der Waals surface area contributed by atoms with Crippen LogP contribution in [-0.2, 0) is 13.6 Å². The Bertz CT molecular complexity index is 1030. The molecule has 1 aromatic carbocycles. The predicted octanol–water partition coefficient (Wildman–Crippen LogP) is 0.553. The lowest BCUT2D eigenvalue weighted by atomic mass is 10.1. The summed E-state index contributed by atoms with van der Waals surface area (Å²) in [6.45, 7) is 5.22. The molecule has 1 saturated heterocycles. The summed E-state index contributed by atoms with van der Waals surface area (Å²) in [6, 6.07) is 7.88. The van der Waals surface area contributed by atoms with E-state index in [1.54, 1.807) is 7.11 Å². The average molecular weight is 415 g/mol. The molecule has 0 unspecified atom stereocenters. The third-order valence-corrected chi connectivity index (χ3v) is 5.47. The van der Waals surface area contributed by atoms with Gasteiger partial charge in [0.05, 0.1) is 13.7 Å². The Morgan fingerprint density at radius 1 is 1.17 bits per heavy atom. The van der Waals surface area contributed by atoms with Crippen LogP contribution in [-0.4, -0.2) is 59.7 Å². The molecule has 1 aromatic heterocycles. The van der Waals surface area contributed by atoms with Gasteiger partial charge in [0, 0.05) is 51.5 Å². The molecule has 1 aliphatic rings. The van der Waals surface area contributed by atoms with Gasteiger partial charge in [-0.05, 0) is 18.6 Å². The quantitative estimate of drug-likeness (QED) is 0.659. The Labute approximate surface area is 175 Å². The molecular formula is C21H29N5O4. The van der Waals surface area contributed by atoms with Gasteiger partial charge in [-0.3, -0.25) is 23.6 Å². The maximum Gasteiger partial charge on any atom is 0.332 e. The van der Waals surface area contributed by atoms with Crippen molar-refractivity contribution in [3.05, 3.63) is 50.7 Å². The molecule has 162 valence electrons. The summed E-state index contributed by atoms with van der Waals surface area (Å²) in [6.07, 6.45) is 0.669. The van der Waals surface area contributed by atoms with Gasteiger partial charge in [-0.25, -0.2) is 4.79 Å². The van der Waals surface area contributed by atoms with E-state index in [-0.39, 0.29) is 23.7 Å². The number of aromatic nitrogens is 2. The van der Waals surface area contributed by atoms with Gasteiger partial charge in [0.2, 0.25) is 0 Å². The number of ether oxygens (including phenoxy) is 1. The van der Waals surface area contributed by atoms with Gasteiger partial charge in [0.15, 0.2) is 5.78 Å². The number of nitrogens with zero attached hydrogens (tertiary/aromatic N) is 4. The first-order valence-corrected chi connectivity index (χ1v) is 10.1. The number of hydrogen-bond donors (Lipinski definition) is 1. The van der Waals surface area contributed by atoms with Crippen LogP contribution in [0.1, 0.15) is 23.7 Å². The molecular weight excluding hydrogens is 386 g/mol. The number of Topliss-reactive ketones (excluding diaryl/α,β-unsaturated/α-hetero) is 1. The first-order chi connectivity index (χ1) is 14.4. The van der Waals surface area contributed by atoms with Crippen molar-refractivity contribution in [1.82, 2.24) is 14.0 Å². The van der Waals surface area contributed by atoms with Crippen LogP contribution in [0.5, 0.6) is 5.75 Å². The second kappa shape index (κ2) is 9.17. The van der Waals surface area contributed by atoms with E-state index in [1.807, 2.05) is 36.1 Å². The minimum atomic E-state index is -0.634. The highest BCUT2D eigenvalue weighted by Crippen LogP contribution is 2.22. The molecule has 0 aliphatic carbocycles. The van der Waals surface area contributed by atoms with Crippen molar-refractivity contribution in [2.45, 2.75) is 19.9 Å². The van der Waals surface area contributed by atoms with Crippen LogP contribution in [0.25, 0.3) is 0 Å². The smallest absolute Gasteiger partial charge is 0.332 e. The minimum absolute atomic E-state index is 0.0371. The summed E-state index contributed by atoms with van der Waals surface area (Å²) >= 11 is 0. The second-order valence-corrected chi connectivity index (χ2v) is 7.45. The SMILES string of the molecule is CCCn1c(N)c(C(=O)CN2CCN(c3cccc(OC)c3)CC2)c(=O)n(C)c1=O. The minimum Gasteiger partial charge on any atom is -0.497 e. The zero-order chi connectivity index (χ0) is 21.8. The highest BCUT2D eigenvalue weighted by atomic mass is 16.5. The normalized spacial score (nSPS) is 14.7. The van der Waals surface area contributed by atoms with Gasteiger partial charge in [0.1, 0.15) is 17.1 Å². The van der Waals surface area contributed by atoms with E-state index >= 15 is 0 Å². The first-order valence-electron chi connectivity index (χ1n) is 10.1. The van der Waals surface area contributed by atoms with E-state index in [0.29, 0.717) is 26.1 Å². The van der Waals surface area contributed by atoms with Crippen LogP contribution < -0.4 is 26.6 Å². The van der Waals surface area contributed by atoms with Gasteiger partial charge in [0.25, 0.3) is 5.56 Å². The van der Waals surface area contributed by atoms with E-state index in [4.69, 9.17) is 10.5 Å². The lowest BCUT2D eigenvalue weighted by Gasteiger charge is -2.35. The summed E-state index contributed by atoms with van der Waals surface area (Å²) in [5.41, 5.74) is 5.91. The molecule has 0 amide bonds. The summed E-state index contributed by atoms with van der Waals surface area (Å²) in [4.78, 5) is 42.0. The zero-order valence-corrected chi connectivity index (χ0v) is 17.8. The van der Waals surface area contributed by atoms with Gasteiger partial charge >= 0.3 is 5.69 Å². The van der Waals surface area contributed by atoms with E-state index in [1.165, 1.54) is 11.6 Å². The summed E-state index contributed by atoms with van der Waals surface area (Å²) in [5, 5.41) is 0. The molecule has 1 fully saturated rings. The lowest BCUT2D eigenvalue weighted by Crippen LogP contribution is -2.49. The van der Waals surface area contributed by atoms with Gasteiger partial charge < -0.3 is 15.4 Å². The van der Waals surface area contributed by atoms with E-state index in [0.717, 1.165) is 29.1 Å². The largest absolute Gasteiger partial charge is 0.497 e. The maximum absolute atomic E-state index is 12.9. The third-order valence-electron chi connectivity index (χ3n) is 5.47. The molecule has 1 aliphatic heterocycles. The van der Waals surface area contributed by atoms with Crippen molar-refractivity contribution in [1.29, 1.82) is 0 Å². The molecule has 0 bridgehead atoms. The second-order valence-electron chi connectivity index (χ2n) is 7.45. The van der Waals surface area contributed by atoms with Crippen LogP contribution in [0.15, 0.2) is 33.9 Å². The molecule has 9 heteroatoms. The van der Waals surface area contributed by atoms with E-state index in [2.05, 4.69) is 4.90 Å². The van der Waals surface area contributed by atoms with Crippen molar-refractivity contribution in [3.8, 4) is 5.75 Å². The Balaban J connectivity index is 1.72. The monoisotopic (exact) mass is 415 g/mol. The number of benzene rings is 1. The number of anilines is 2. The lowest BCUT2D eigenvalue weighted by molar-refractivity contribution is 0.0924. The molecule has 3 rings (SSSR count). The van der Waals surface area contributed by atoms with Crippen molar-refractivity contribution in [2.75, 3.05) is 50.5 Å². The number of hydrogen-bond acceptors (Lipinski definition) is 7. The van der Waals surface area contributed by atoms with Crippen LogP contribution in [0.4, 0.5) is 11.5 Å². The first kappa shape index (κ1) is 21.6. The van der Waals surface area contributed by atoms with Crippen LogP contribution >= 0.6 is 0 Å². The fourth-order valence-corrected chi connectivity index (χ4v) is 3.74. The average Bonchev–Trinajstić information content (AvgIpc) is 2.76. The fraction of sp³-hybridized carbons (Fsp3) is 0.476. The van der Waals surface area contributed by atoms with Crippen LogP contribution in [0, 0.1) is 0 Å². The molecule has 0 spiro atoms. The van der Waals surface area contributed by atoms with Crippen molar-refractivity contribution < 1.29 is 9.53 Å². The number of rotatable bonds is 7.